The first kappa shape index (κ1) is 15.0. The van der Waals surface area contributed by atoms with Crippen molar-refractivity contribution in [3.8, 4) is 0 Å². The Labute approximate surface area is 97.8 Å². The van der Waals surface area contributed by atoms with E-state index in [2.05, 4.69) is 55.4 Å². The van der Waals surface area contributed by atoms with Crippen LogP contribution in [0.4, 0.5) is 0 Å². The van der Waals surface area contributed by atoms with E-state index in [9.17, 15) is 0 Å². The molecule has 0 saturated heterocycles. The van der Waals surface area contributed by atoms with Crippen LogP contribution in [0.15, 0.2) is 0 Å². The summed E-state index contributed by atoms with van der Waals surface area (Å²) in [6, 6.07) is 0. The summed E-state index contributed by atoms with van der Waals surface area (Å²) >= 11 is 0. The summed E-state index contributed by atoms with van der Waals surface area (Å²) in [6.07, 6.45) is 2.69. The molecule has 0 fully saturated rings. The van der Waals surface area contributed by atoms with E-state index in [-0.39, 0.29) is 0 Å². The van der Waals surface area contributed by atoms with Crippen LogP contribution in [0.5, 0.6) is 0 Å². The molecule has 0 nitrogen and oxygen atoms in total. The normalized spacial score (nSPS) is 19.0. The third-order valence-electron chi connectivity index (χ3n) is 4.02. The van der Waals surface area contributed by atoms with Gasteiger partial charge in [-0.3, -0.25) is 0 Å². The quantitative estimate of drug-likeness (QED) is 0.574. The second kappa shape index (κ2) is 5.92. The van der Waals surface area contributed by atoms with Crippen molar-refractivity contribution in [3.05, 3.63) is 0 Å². The van der Waals surface area contributed by atoms with E-state index in [1.165, 1.54) is 12.8 Å². The molecule has 0 aromatic carbocycles. The Morgan fingerprint density at radius 3 is 1.60 bits per heavy atom. The number of rotatable bonds is 5. The highest BCUT2D eigenvalue weighted by Gasteiger charge is 2.26. The highest BCUT2D eigenvalue weighted by Crippen LogP contribution is 2.36. The van der Waals surface area contributed by atoms with Gasteiger partial charge in [0.1, 0.15) is 0 Å². The first-order valence-corrected chi connectivity index (χ1v) is 6.69. The predicted molar refractivity (Wildman–Crippen MR) is 71.0 cm³/mol. The molecule has 0 aromatic rings. The molecule has 3 unspecified atom stereocenters. The van der Waals surface area contributed by atoms with Crippen LogP contribution < -0.4 is 0 Å². The molecule has 0 aliphatic rings. The van der Waals surface area contributed by atoms with Crippen molar-refractivity contribution < 1.29 is 0 Å². The molecule has 0 radical (unpaired) electrons. The molecule has 0 aliphatic carbocycles. The van der Waals surface area contributed by atoms with Gasteiger partial charge in [0.05, 0.1) is 0 Å². The van der Waals surface area contributed by atoms with Crippen LogP contribution in [0.2, 0.25) is 0 Å². The fourth-order valence-corrected chi connectivity index (χ4v) is 2.53. The molecular weight excluding hydrogens is 180 g/mol. The smallest absolute Gasteiger partial charge is 0.0380 e. The van der Waals surface area contributed by atoms with E-state index in [0.717, 1.165) is 23.7 Å². The molecule has 0 aliphatic heterocycles. The predicted octanol–water partition coefficient (Wildman–Crippen LogP) is 5.38. The lowest BCUT2D eigenvalue weighted by atomic mass is 9.71. The minimum atomic E-state index is 0.478. The Hall–Kier alpha value is 0. The summed E-state index contributed by atoms with van der Waals surface area (Å²) in [5.74, 6) is 3.41. The third kappa shape index (κ3) is 5.58. The van der Waals surface area contributed by atoms with Gasteiger partial charge in [-0.2, -0.15) is 0 Å². The minimum absolute atomic E-state index is 0.478. The fraction of sp³-hybridized carbons (Fsp3) is 1.00. The zero-order valence-electron chi connectivity index (χ0n) is 12.2. The summed E-state index contributed by atoms with van der Waals surface area (Å²) in [4.78, 5) is 0. The molecule has 0 aromatic heterocycles. The van der Waals surface area contributed by atoms with Crippen LogP contribution in [0.3, 0.4) is 0 Å². The molecule has 92 valence electrons. The Morgan fingerprint density at radius 1 is 0.867 bits per heavy atom. The average molecular weight is 212 g/mol. The van der Waals surface area contributed by atoms with Gasteiger partial charge < -0.3 is 0 Å². The topological polar surface area (TPSA) is 0 Å². The maximum atomic E-state index is 2.45. The molecule has 0 bridgehead atoms. The lowest BCUT2D eigenvalue weighted by Gasteiger charge is -2.34. The summed E-state index contributed by atoms with van der Waals surface area (Å²) in [7, 11) is 0. The van der Waals surface area contributed by atoms with E-state index >= 15 is 0 Å². The van der Waals surface area contributed by atoms with Gasteiger partial charge in [-0.05, 0) is 35.5 Å². The van der Waals surface area contributed by atoms with Gasteiger partial charge in [-0.1, -0.05) is 61.8 Å². The Balaban J connectivity index is 4.40. The fourth-order valence-electron chi connectivity index (χ4n) is 2.53. The minimum Gasteiger partial charge on any atom is -0.0651 e. The second-order valence-corrected chi connectivity index (χ2v) is 6.90. The lowest BCUT2D eigenvalue weighted by Crippen LogP contribution is -2.25. The first-order chi connectivity index (χ1) is 6.69. The van der Waals surface area contributed by atoms with Crippen LogP contribution in [0.25, 0.3) is 0 Å². The van der Waals surface area contributed by atoms with Crippen molar-refractivity contribution in [2.75, 3.05) is 0 Å². The molecule has 0 saturated carbocycles. The van der Waals surface area contributed by atoms with Crippen molar-refractivity contribution in [2.45, 2.75) is 68.2 Å². The molecule has 0 amide bonds. The first-order valence-electron chi connectivity index (χ1n) is 6.69. The van der Waals surface area contributed by atoms with E-state index in [1.54, 1.807) is 0 Å². The molecule has 0 spiro atoms. The molecular formula is C15H32. The van der Waals surface area contributed by atoms with Crippen molar-refractivity contribution in [1.29, 1.82) is 0 Å². The van der Waals surface area contributed by atoms with E-state index in [0.29, 0.717) is 5.41 Å². The molecule has 0 rings (SSSR count). The van der Waals surface area contributed by atoms with Crippen LogP contribution in [-0.4, -0.2) is 0 Å². The van der Waals surface area contributed by atoms with Crippen LogP contribution in [-0.2, 0) is 0 Å². The van der Waals surface area contributed by atoms with Gasteiger partial charge in [0.2, 0.25) is 0 Å². The zero-order chi connectivity index (χ0) is 12.2. The summed E-state index contributed by atoms with van der Waals surface area (Å²) in [5.41, 5.74) is 0.478. The monoisotopic (exact) mass is 212 g/mol. The maximum Gasteiger partial charge on any atom is -0.0380 e. The SMILES string of the molecule is CCC(CC(C)(C)C)C(C)C(C)C(C)C. The molecule has 15 heavy (non-hydrogen) atoms. The van der Waals surface area contributed by atoms with Gasteiger partial charge in [0.25, 0.3) is 0 Å². The van der Waals surface area contributed by atoms with Gasteiger partial charge in [0.15, 0.2) is 0 Å². The van der Waals surface area contributed by atoms with E-state index in [1.807, 2.05) is 0 Å². The Bertz CT molecular complexity index is 161. The van der Waals surface area contributed by atoms with Crippen LogP contribution in [0.1, 0.15) is 68.2 Å². The third-order valence-corrected chi connectivity index (χ3v) is 4.02. The highest BCUT2D eigenvalue weighted by molar-refractivity contribution is 4.77. The standard InChI is InChI=1S/C15H32/c1-9-14(10-15(6,7)8)13(5)12(4)11(2)3/h11-14H,9-10H2,1-8H3. The van der Waals surface area contributed by atoms with Crippen molar-refractivity contribution in [2.24, 2.45) is 29.1 Å². The lowest BCUT2D eigenvalue weighted by molar-refractivity contribution is 0.156. The second-order valence-electron chi connectivity index (χ2n) is 6.90. The van der Waals surface area contributed by atoms with E-state index in [4.69, 9.17) is 0 Å². The van der Waals surface area contributed by atoms with Gasteiger partial charge in [-0.15, -0.1) is 0 Å². The molecule has 0 N–H and O–H groups in total. The number of hydrogen-bond acceptors (Lipinski definition) is 0. The summed E-state index contributed by atoms with van der Waals surface area (Å²) in [5, 5.41) is 0. The van der Waals surface area contributed by atoms with Crippen LogP contribution in [0, 0.1) is 29.1 Å². The molecule has 0 heteroatoms. The Morgan fingerprint density at radius 2 is 1.33 bits per heavy atom. The zero-order valence-corrected chi connectivity index (χ0v) is 12.2. The number of hydrogen-bond donors (Lipinski definition) is 0. The summed E-state index contributed by atoms with van der Waals surface area (Å²) in [6.45, 7) is 19.0. The largest absolute Gasteiger partial charge is 0.0651 e. The van der Waals surface area contributed by atoms with Crippen LogP contribution >= 0.6 is 0 Å². The highest BCUT2D eigenvalue weighted by atomic mass is 14.3. The van der Waals surface area contributed by atoms with Crippen molar-refractivity contribution in [3.63, 3.8) is 0 Å². The van der Waals surface area contributed by atoms with E-state index < -0.39 is 0 Å². The maximum absolute atomic E-state index is 2.45. The molecule has 3 atom stereocenters. The summed E-state index contributed by atoms with van der Waals surface area (Å²) < 4.78 is 0. The molecule has 0 heterocycles. The van der Waals surface area contributed by atoms with Crippen molar-refractivity contribution in [1.82, 2.24) is 0 Å². The van der Waals surface area contributed by atoms with Gasteiger partial charge in [-0.25, -0.2) is 0 Å². The Kier molecular flexibility index (Phi) is 5.92. The average Bonchev–Trinajstić information content (AvgIpc) is 2.10. The van der Waals surface area contributed by atoms with Crippen molar-refractivity contribution >= 4 is 0 Å². The van der Waals surface area contributed by atoms with Gasteiger partial charge >= 0.3 is 0 Å². The van der Waals surface area contributed by atoms with Gasteiger partial charge in [0, 0.05) is 0 Å².